The van der Waals surface area contributed by atoms with Crippen LogP contribution >= 0.6 is 0 Å². The van der Waals surface area contributed by atoms with Crippen molar-refractivity contribution in [2.24, 2.45) is 15.7 Å². The van der Waals surface area contributed by atoms with Crippen LogP contribution in [0.25, 0.3) is 10.8 Å². The highest BCUT2D eigenvalue weighted by molar-refractivity contribution is 6.17. The van der Waals surface area contributed by atoms with Gasteiger partial charge in [0.25, 0.3) is 0 Å². The molecule has 31 heavy (non-hydrogen) atoms. The van der Waals surface area contributed by atoms with Crippen molar-refractivity contribution in [3.63, 3.8) is 0 Å². The third-order valence-electron chi connectivity index (χ3n) is 5.41. The Morgan fingerprint density at radius 2 is 1.42 bits per heavy atom. The van der Waals surface area contributed by atoms with E-state index in [0.29, 0.717) is 13.1 Å². The van der Waals surface area contributed by atoms with E-state index in [-0.39, 0.29) is 0 Å². The summed E-state index contributed by atoms with van der Waals surface area (Å²) in [5.74, 6) is 0.731. The first kappa shape index (κ1) is 20.7. The number of amidine groups is 1. The van der Waals surface area contributed by atoms with E-state index in [1.54, 1.807) is 0 Å². The third kappa shape index (κ3) is 4.79. The van der Waals surface area contributed by atoms with Gasteiger partial charge in [0, 0.05) is 17.7 Å². The Kier molecular flexibility index (Phi) is 6.65. The van der Waals surface area contributed by atoms with Gasteiger partial charge in [-0.1, -0.05) is 104 Å². The van der Waals surface area contributed by atoms with Crippen LogP contribution in [0, 0.1) is 0 Å². The summed E-state index contributed by atoms with van der Waals surface area (Å²) in [7, 11) is 0. The predicted octanol–water partition coefficient (Wildman–Crippen LogP) is 6.14. The summed E-state index contributed by atoms with van der Waals surface area (Å²) in [6, 6.07) is 33.2. The van der Waals surface area contributed by atoms with Crippen LogP contribution < -0.4 is 5.73 Å². The number of fused-ring (bicyclic) bond motifs is 1. The molecular formula is C28H27N3. The minimum atomic E-state index is 0.450. The number of rotatable bonds is 6. The van der Waals surface area contributed by atoms with E-state index >= 15 is 0 Å². The minimum Gasteiger partial charge on any atom is -0.326 e. The minimum absolute atomic E-state index is 0.450. The second kappa shape index (κ2) is 9.96. The summed E-state index contributed by atoms with van der Waals surface area (Å²) in [4.78, 5) is 10.1. The lowest BCUT2D eigenvalue weighted by molar-refractivity contribution is 1.04. The number of nitrogens with zero attached hydrogens (tertiary/aromatic N) is 2. The summed E-state index contributed by atoms with van der Waals surface area (Å²) < 4.78 is 0. The topological polar surface area (TPSA) is 50.7 Å². The molecule has 2 N–H and O–H groups in total. The predicted molar refractivity (Wildman–Crippen MR) is 132 cm³/mol. The lowest BCUT2D eigenvalue weighted by atomic mass is 9.99. The molecule has 0 aliphatic rings. The summed E-state index contributed by atoms with van der Waals surface area (Å²) in [6.07, 6.45) is 0.809. The molecule has 4 aromatic rings. The van der Waals surface area contributed by atoms with E-state index < -0.39 is 0 Å². The normalized spacial score (nSPS) is 12.3. The van der Waals surface area contributed by atoms with Crippen molar-refractivity contribution < 1.29 is 0 Å². The number of hydrogen-bond acceptors (Lipinski definition) is 2. The Hall–Kier alpha value is -3.56. The molecule has 0 bridgehead atoms. The lowest BCUT2D eigenvalue weighted by Gasteiger charge is -2.12. The average Bonchev–Trinajstić information content (AvgIpc) is 2.85. The van der Waals surface area contributed by atoms with Crippen molar-refractivity contribution in [1.82, 2.24) is 0 Å². The fourth-order valence-corrected chi connectivity index (χ4v) is 3.78. The Morgan fingerprint density at radius 1 is 0.742 bits per heavy atom. The van der Waals surface area contributed by atoms with E-state index in [4.69, 9.17) is 15.7 Å². The van der Waals surface area contributed by atoms with Gasteiger partial charge in [-0.05, 0) is 28.3 Å². The van der Waals surface area contributed by atoms with Crippen LogP contribution in [-0.4, -0.2) is 11.5 Å². The van der Waals surface area contributed by atoms with Gasteiger partial charge in [-0.15, -0.1) is 0 Å². The molecule has 4 rings (SSSR count). The first-order chi connectivity index (χ1) is 15.3. The van der Waals surface area contributed by atoms with Gasteiger partial charge in [0.05, 0.1) is 12.3 Å². The van der Waals surface area contributed by atoms with E-state index in [2.05, 4.69) is 67.6 Å². The van der Waals surface area contributed by atoms with E-state index in [1.165, 1.54) is 10.8 Å². The molecule has 0 atom stereocenters. The highest BCUT2D eigenvalue weighted by Gasteiger charge is 2.12. The number of aliphatic imine (C=N–C) groups is 2. The van der Waals surface area contributed by atoms with Crippen molar-refractivity contribution in [2.45, 2.75) is 26.4 Å². The van der Waals surface area contributed by atoms with E-state index in [1.807, 2.05) is 36.4 Å². The van der Waals surface area contributed by atoms with Gasteiger partial charge >= 0.3 is 0 Å². The van der Waals surface area contributed by atoms with Gasteiger partial charge in [-0.25, -0.2) is 4.99 Å². The number of nitrogens with two attached hydrogens (primary N) is 1. The molecule has 0 aliphatic carbocycles. The zero-order valence-corrected chi connectivity index (χ0v) is 17.8. The van der Waals surface area contributed by atoms with Crippen molar-refractivity contribution in [3.8, 4) is 0 Å². The largest absolute Gasteiger partial charge is 0.326 e. The molecule has 0 aromatic heterocycles. The van der Waals surface area contributed by atoms with Crippen LogP contribution in [0.4, 0.5) is 0 Å². The first-order valence-corrected chi connectivity index (χ1v) is 10.7. The molecule has 154 valence electrons. The molecular weight excluding hydrogens is 378 g/mol. The van der Waals surface area contributed by atoms with Crippen LogP contribution in [-0.2, 0) is 13.1 Å². The maximum absolute atomic E-state index is 6.04. The molecule has 4 aromatic carbocycles. The van der Waals surface area contributed by atoms with Crippen LogP contribution in [0.3, 0.4) is 0 Å². The SMILES string of the molecule is CC/C(=N\C(=N/Cc1ccccc1)c1ccccc1CN)c1cccc2ccccc12. The van der Waals surface area contributed by atoms with Gasteiger partial charge < -0.3 is 5.73 Å². The highest BCUT2D eigenvalue weighted by atomic mass is 14.9. The summed E-state index contributed by atoms with van der Waals surface area (Å²) in [5.41, 5.74) is 11.4. The molecule has 0 amide bonds. The quantitative estimate of drug-likeness (QED) is 0.304. The second-order valence-electron chi connectivity index (χ2n) is 7.43. The van der Waals surface area contributed by atoms with Crippen LogP contribution in [0.1, 0.15) is 35.6 Å². The molecule has 0 aliphatic heterocycles. The van der Waals surface area contributed by atoms with Crippen molar-refractivity contribution in [3.05, 3.63) is 119 Å². The van der Waals surface area contributed by atoms with Gasteiger partial charge in [0.15, 0.2) is 5.84 Å². The standard InChI is InChI=1S/C28H27N3/c1-2-27(26-18-10-15-22-13-6-8-16-24(22)26)31-28(25-17-9-7-14-23(25)19-29)30-20-21-11-4-3-5-12-21/h3-18H,2,19-20,29H2,1H3/b30-28-,31-27+. The zero-order chi connectivity index (χ0) is 21.5. The van der Waals surface area contributed by atoms with E-state index in [9.17, 15) is 0 Å². The Labute approximate surface area is 184 Å². The molecule has 0 spiro atoms. The van der Waals surface area contributed by atoms with Crippen LogP contribution in [0.2, 0.25) is 0 Å². The molecule has 0 heterocycles. The molecule has 3 nitrogen and oxygen atoms in total. The fraction of sp³-hybridized carbons (Fsp3) is 0.143. The molecule has 0 saturated carbocycles. The second-order valence-corrected chi connectivity index (χ2v) is 7.43. The van der Waals surface area contributed by atoms with Crippen molar-refractivity contribution in [1.29, 1.82) is 0 Å². The fourth-order valence-electron chi connectivity index (χ4n) is 3.78. The van der Waals surface area contributed by atoms with Crippen molar-refractivity contribution >= 4 is 22.3 Å². The van der Waals surface area contributed by atoms with Crippen LogP contribution in [0.15, 0.2) is 107 Å². The van der Waals surface area contributed by atoms with Gasteiger partial charge in [-0.3, -0.25) is 4.99 Å². The number of benzene rings is 4. The monoisotopic (exact) mass is 405 g/mol. The lowest BCUT2D eigenvalue weighted by Crippen LogP contribution is -2.11. The Morgan fingerprint density at radius 3 is 2.23 bits per heavy atom. The van der Waals surface area contributed by atoms with Gasteiger partial charge in [0.1, 0.15) is 0 Å². The summed E-state index contributed by atoms with van der Waals surface area (Å²) in [6.45, 7) is 3.17. The van der Waals surface area contributed by atoms with E-state index in [0.717, 1.165) is 40.2 Å². The van der Waals surface area contributed by atoms with Crippen LogP contribution in [0.5, 0.6) is 0 Å². The maximum atomic E-state index is 6.04. The third-order valence-corrected chi connectivity index (χ3v) is 5.41. The van der Waals surface area contributed by atoms with Gasteiger partial charge in [0.2, 0.25) is 0 Å². The highest BCUT2D eigenvalue weighted by Crippen LogP contribution is 2.21. The molecule has 3 heteroatoms. The van der Waals surface area contributed by atoms with Crippen molar-refractivity contribution in [2.75, 3.05) is 0 Å². The molecule has 0 unspecified atom stereocenters. The number of hydrogen-bond donors (Lipinski definition) is 1. The first-order valence-electron chi connectivity index (χ1n) is 10.7. The zero-order valence-electron chi connectivity index (χ0n) is 17.8. The summed E-state index contributed by atoms with van der Waals surface area (Å²) in [5, 5.41) is 2.42. The maximum Gasteiger partial charge on any atom is 0.155 e. The Bertz CT molecular complexity index is 1220. The average molecular weight is 406 g/mol. The smallest absolute Gasteiger partial charge is 0.155 e. The summed E-state index contributed by atoms with van der Waals surface area (Å²) >= 11 is 0. The molecule has 0 saturated heterocycles. The van der Waals surface area contributed by atoms with Gasteiger partial charge in [-0.2, -0.15) is 0 Å². The Balaban J connectivity index is 1.84. The molecule has 0 fully saturated rings. The molecule has 0 radical (unpaired) electrons.